The summed E-state index contributed by atoms with van der Waals surface area (Å²) < 4.78 is 26.2. The molecule has 1 aliphatic heterocycles. The first-order valence-electron chi connectivity index (χ1n) is 9.54. The maximum absolute atomic E-state index is 12.5. The molecule has 0 bridgehead atoms. The van der Waals surface area contributed by atoms with Crippen molar-refractivity contribution in [3.63, 3.8) is 0 Å². The monoisotopic (exact) mass is 445 g/mol. The van der Waals surface area contributed by atoms with Crippen LogP contribution in [0.5, 0.6) is 0 Å². The summed E-state index contributed by atoms with van der Waals surface area (Å²) in [5.74, 6) is 0.392. The van der Waals surface area contributed by atoms with Crippen molar-refractivity contribution in [3.05, 3.63) is 47.1 Å². The highest BCUT2D eigenvalue weighted by Gasteiger charge is 2.23. The second kappa shape index (κ2) is 8.05. The van der Waals surface area contributed by atoms with E-state index in [4.69, 9.17) is 5.73 Å². The Bertz CT molecular complexity index is 1180. The molecule has 0 fully saturated rings. The number of thiophene rings is 1. The number of rotatable bonds is 5. The lowest BCUT2D eigenvalue weighted by atomic mass is 10.1. The normalized spacial score (nSPS) is 16.6. The topological polar surface area (TPSA) is 121 Å². The van der Waals surface area contributed by atoms with Gasteiger partial charge in [-0.05, 0) is 36.2 Å². The molecule has 3 aromatic heterocycles. The first-order chi connectivity index (χ1) is 14.3. The molecule has 1 unspecified atom stereocenters. The van der Waals surface area contributed by atoms with Crippen molar-refractivity contribution in [2.45, 2.75) is 24.5 Å². The van der Waals surface area contributed by atoms with Crippen LogP contribution in [0.15, 0.2) is 41.6 Å². The van der Waals surface area contributed by atoms with E-state index in [9.17, 15) is 13.5 Å². The van der Waals surface area contributed by atoms with Crippen LogP contribution in [-0.4, -0.2) is 47.9 Å². The van der Waals surface area contributed by atoms with Gasteiger partial charge < -0.3 is 10.8 Å². The lowest BCUT2D eigenvalue weighted by Gasteiger charge is -2.18. The predicted octanol–water partition coefficient (Wildman–Crippen LogP) is 2.23. The number of nitrogens with two attached hydrogens (primary N) is 1. The van der Waals surface area contributed by atoms with Gasteiger partial charge >= 0.3 is 0 Å². The standard InChI is InChI=1S/C20H23N5O3S2/c1-3-25(2)30(27,28)14-4-5-16(23-11-14)13-8-15(19(21)24-10-13)17-9-12-6-7-22-20(26)18(12)29-17/h4-5,8-11,20,22,26H,3,6-7H2,1-2H3,(H2,21,24). The summed E-state index contributed by atoms with van der Waals surface area (Å²) in [5, 5.41) is 13.2. The Hall–Kier alpha value is -2.37. The molecule has 0 saturated carbocycles. The first-order valence-corrected chi connectivity index (χ1v) is 11.8. The molecule has 4 N–H and O–H groups in total. The van der Waals surface area contributed by atoms with Crippen LogP contribution in [0.1, 0.15) is 23.6 Å². The number of nitrogen functional groups attached to an aromatic ring is 1. The molecule has 0 amide bonds. The van der Waals surface area contributed by atoms with Gasteiger partial charge in [0.1, 0.15) is 16.9 Å². The zero-order valence-corrected chi connectivity index (χ0v) is 18.3. The summed E-state index contributed by atoms with van der Waals surface area (Å²) in [7, 11) is -2.01. The molecule has 4 rings (SSSR count). The van der Waals surface area contributed by atoms with Crippen molar-refractivity contribution in [2.75, 3.05) is 25.9 Å². The van der Waals surface area contributed by atoms with Gasteiger partial charge in [0.2, 0.25) is 10.0 Å². The largest absolute Gasteiger partial charge is 0.383 e. The van der Waals surface area contributed by atoms with Crippen LogP contribution in [0.3, 0.4) is 0 Å². The SMILES string of the molecule is CCN(C)S(=O)(=O)c1ccc(-c2cnc(N)c(-c3cc4c(s3)C(O)NCC4)c2)nc1. The Morgan fingerprint density at radius 1 is 1.30 bits per heavy atom. The third-order valence-corrected chi connectivity index (χ3v) is 8.37. The molecule has 158 valence electrons. The molecule has 30 heavy (non-hydrogen) atoms. The third kappa shape index (κ3) is 3.72. The van der Waals surface area contributed by atoms with Gasteiger partial charge in [0.25, 0.3) is 0 Å². The van der Waals surface area contributed by atoms with Gasteiger partial charge in [0, 0.05) is 48.5 Å². The second-order valence-corrected chi connectivity index (χ2v) is 10.2. The fourth-order valence-corrected chi connectivity index (χ4v) is 5.63. The van der Waals surface area contributed by atoms with E-state index >= 15 is 0 Å². The Labute approximate surface area is 179 Å². The van der Waals surface area contributed by atoms with E-state index in [1.54, 1.807) is 25.3 Å². The van der Waals surface area contributed by atoms with E-state index in [1.807, 2.05) is 12.1 Å². The maximum atomic E-state index is 12.5. The number of nitrogens with one attached hydrogen (secondary N) is 1. The van der Waals surface area contributed by atoms with Crippen molar-refractivity contribution in [3.8, 4) is 21.7 Å². The fraction of sp³-hybridized carbons (Fsp3) is 0.300. The number of nitrogens with zero attached hydrogens (tertiary/aromatic N) is 3. The van der Waals surface area contributed by atoms with E-state index in [0.29, 0.717) is 18.1 Å². The highest BCUT2D eigenvalue weighted by Crippen LogP contribution is 2.39. The van der Waals surface area contributed by atoms with E-state index in [2.05, 4.69) is 15.3 Å². The number of sulfonamides is 1. The van der Waals surface area contributed by atoms with E-state index in [0.717, 1.165) is 39.4 Å². The third-order valence-electron chi connectivity index (χ3n) is 5.19. The number of aromatic nitrogens is 2. The molecule has 1 aliphatic rings. The zero-order valence-electron chi connectivity index (χ0n) is 16.7. The summed E-state index contributed by atoms with van der Waals surface area (Å²) in [6, 6.07) is 7.16. The molecule has 0 spiro atoms. The van der Waals surface area contributed by atoms with Crippen LogP contribution in [0, 0.1) is 0 Å². The Morgan fingerprint density at radius 3 is 2.77 bits per heavy atom. The lowest BCUT2D eigenvalue weighted by molar-refractivity contribution is 0.136. The van der Waals surface area contributed by atoms with Crippen LogP contribution in [0.25, 0.3) is 21.7 Å². The molecular formula is C20H23N5O3S2. The molecule has 4 heterocycles. The van der Waals surface area contributed by atoms with Crippen LogP contribution in [0.4, 0.5) is 5.82 Å². The van der Waals surface area contributed by atoms with Crippen molar-refractivity contribution in [2.24, 2.45) is 0 Å². The van der Waals surface area contributed by atoms with Crippen LogP contribution >= 0.6 is 11.3 Å². The van der Waals surface area contributed by atoms with Gasteiger partial charge in [-0.15, -0.1) is 11.3 Å². The molecule has 1 atom stereocenters. The van der Waals surface area contributed by atoms with E-state index in [1.165, 1.54) is 28.9 Å². The number of anilines is 1. The second-order valence-electron chi connectivity index (χ2n) is 7.06. The molecule has 8 nitrogen and oxygen atoms in total. The Kier molecular flexibility index (Phi) is 5.60. The number of aliphatic hydroxyl groups excluding tert-OH is 1. The first kappa shape index (κ1) is 20.9. The number of hydrogen-bond donors (Lipinski definition) is 3. The minimum Gasteiger partial charge on any atom is -0.383 e. The van der Waals surface area contributed by atoms with Crippen molar-refractivity contribution < 1.29 is 13.5 Å². The van der Waals surface area contributed by atoms with E-state index in [-0.39, 0.29) is 4.90 Å². The average molecular weight is 446 g/mol. The van der Waals surface area contributed by atoms with Gasteiger partial charge in [0.15, 0.2) is 0 Å². The number of hydrogen-bond acceptors (Lipinski definition) is 8. The van der Waals surface area contributed by atoms with Gasteiger partial charge in [-0.3, -0.25) is 10.3 Å². The number of aliphatic hydroxyl groups is 1. The number of fused-ring (bicyclic) bond motifs is 1. The quantitative estimate of drug-likeness (QED) is 0.550. The van der Waals surface area contributed by atoms with Gasteiger partial charge in [-0.2, -0.15) is 0 Å². The zero-order chi connectivity index (χ0) is 21.5. The Morgan fingerprint density at radius 2 is 2.10 bits per heavy atom. The van der Waals surface area contributed by atoms with Crippen molar-refractivity contribution >= 4 is 27.2 Å². The average Bonchev–Trinajstić information content (AvgIpc) is 3.19. The molecule has 3 aromatic rings. The smallest absolute Gasteiger partial charge is 0.244 e. The van der Waals surface area contributed by atoms with Crippen LogP contribution in [-0.2, 0) is 16.4 Å². The van der Waals surface area contributed by atoms with Gasteiger partial charge in [-0.25, -0.2) is 17.7 Å². The molecule has 0 aromatic carbocycles. The fourth-order valence-electron chi connectivity index (χ4n) is 3.30. The molecule has 10 heteroatoms. The highest BCUT2D eigenvalue weighted by atomic mass is 32.2. The highest BCUT2D eigenvalue weighted by molar-refractivity contribution is 7.89. The minimum atomic E-state index is -3.55. The predicted molar refractivity (Wildman–Crippen MR) is 117 cm³/mol. The molecular weight excluding hydrogens is 422 g/mol. The van der Waals surface area contributed by atoms with Gasteiger partial charge in [-0.1, -0.05) is 6.92 Å². The molecule has 0 aliphatic carbocycles. The van der Waals surface area contributed by atoms with Crippen molar-refractivity contribution in [1.29, 1.82) is 0 Å². The van der Waals surface area contributed by atoms with Gasteiger partial charge in [0.05, 0.1) is 10.6 Å². The summed E-state index contributed by atoms with van der Waals surface area (Å²) in [6.45, 7) is 2.88. The Balaban J connectivity index is 1.69. The van der Waals surface area contributed by atoms with Crippen molar-refractivity contribution in [1.82, 2.24) is 19.6 Å². The van der Waals surface area contributed by atoms with Crippen LogP contribution < -0.4 is 11.1 Å². The summed E-state index contributed by atoms with van der Waals surface area (Å²) in [4.78, 5) is 10.6. The lowest BCUT2D eigenvalue weighted by Crippen LogP contribution is -2.27. The van der Waals surface area contributed by atoms with E-state index < -0.39 is 16.3 Å². The maximum Gasteiger partial charge on any atom is 0.244 e. The summed E-state index contributed by atoms with van der Waals surface area (Å²) in [5.41, 5.74) is 9.35. The molecule has 0 saturated heterocycles. The summed E-state index contributed by atoms with van der Waals surface area (Å²) in [6.07, 6.45) is 3.16. The minimum absolute atomic E-state index is 0.145. The summed E-state index contributed by atoms with van der Waals surface area (Å²) >= 11 is 1.49. The number of pyridine rings is 2. The molecule has 0 radical (unpaired) electrons. The van der Waals surface area contributed by atoms with Crippen LogP contribution in [0.2, 0.25) is 0 Å².